The van der Waals surface area contributed by atoms with Crippen molar-refractivity contribution in [1.29, 1.82) is 0 Å². The summed E-state index contributed by atoms with van der Waals surface area (Å²) in [5, 5.41) is 0. The summed E-state index contributed by atoms with van der Waals surface area (Å²) >= 11 is 0. The van der Waals surface area contributed by atoms with Crippen molar-refractivity contribution in [3.8, 4) is 0 Å². The van der Waals surface area contributed by atoms with Gasteiger partial charge in [0.05, 0.1) is 6.04 Å². The van der Waals surface area contributed by atoms with Crippen LogP contribution in [-0.4, -0.2) is 29.8 Å². The van der Waals surface area contributed by atoms with Gasteiger partial charge < -0.3 is 0 Å². The summed E-state index contributed by atoms with van der Waals surface area (Å²) in [6.07, 6.45) is 5.84. The Hall–Kier alpha value is -1.15. The number of carbonyl (C=O) groups excluding carboxylic acids is 1. The van der Waals surface area contributed by atoms with Gasteiger partial charge in [-0.1, -0.05) is 50.1 Å². The topological polar surface area (TPSA) is 20.3 Å². The van der Waals surface area contributed by atoms with E-state index in [4.69, 9.17) is 0 Å². The number of carbonyl (C=O) groups is 1. The zero-order valence-electron chi connectivity index (χ0n) is 11.3. The molecular formula is C16H23NO. The van der Waals surface area contributed by atoms with Gasteiger partial charge in [-0.15, -0.1) is 0 Å². The second kappa shape index (κ2) is 6.69. The molecule has 1 unspecified atom stereocenters. The molecule has 2 heteroatoms. The van der Waals surface area contributed by atoms with E-state index in [2.05, 4.69) is 11.8 Å². The molecule has 98 valence electrons. The molecule has 1 aromatic rings. The summed E-state index contributed by atoms with van der Waals surface area (Å²) in [7, 11) is 0. The number of ketones is 1. The lowest BCUT2D eigenvalue weighted by atomic mass is 9.97. The van der Waals surface area contributed by atoms with E-state index in [1.807, 2.05) is 30.3 Å². The maximum Gasteiger partial charge on any atom is 0.179 e. The highest BCUT2D eigenvalue weighted by molar-refractivity contribution is 6.00. The van der Waals surface area contributed by atoms with Crippen LogP contribution in [0.1, 0.15) is 49.4 Å². The van der Waals surface area contributed by atoms with Gasteiger partial charge in [-0.25, -0.2) is 0 Å². The Morgan fingerprint density at radius 3 is 2.44 bits per heavy atom. The average molecular weight is 245 g/mol. The smallest absolute Gasteiger partial charge is 0.179 e. The van der Waals surface area contributed by atoms with E-state index >= 15 is 0 Å². The third kappa shape index (κ3) is 3.20. The van der Waals surface area contributed by atoms with Crippen LogP contribution in [0.3, 0.4) is 0 Å². The van der Waals surface area contributed by atoms with Crippen molar-refractivity contribution in [2.75, 3.05) is 13.1 Å². The van der Waals surface area contributed by atoms with Crippen molar-refractivity contribution in [2.45, 2.75) is 45.1 Å². The third-order valence-electron chi connectivity index (χ3n) is 3.75. The van der Waals surface area contributed by atoms with E-state index in [0.29, 0.717) is 5.78 Å². The molecule has 1 heterocycles. The number of hydrogen-bond donors (Lipinski definition) is 0. The van der Waals surface area contributed by atoms with Gasteiger partial charge in [0.25, 0.3) is 0 Å². The first kappa shape index (κ1) is 13.3. The lowest BCUT2D eigenvalue weighted by Crippen LogP contribution is -2.44. The SMILES string of the molecule is CCCC(C(=O)c1ccccc1)N1CCCCC1. The fraction of sp³-hybridized carbons (Fsp3) is 0.562. The molecule has 0 aliphatic carbocycles. The van der Waals surface area contributed by atoms with Gasteiger partial charge in [-0.05, 0) is 32.4 Å². The molecule has 1 aliphatic rings. The summed E-state index contributed by atoms with van der Waals surface area (Å²) < 4.78 is 0. The van der Waals surface area contributed by atoms with Crippen molar-refractivity contribution in [1.82, 2.24) is 4.90 Å². The van der Waals surface area contributed by atoms with Gasteiger partial charge in [0.2, 0.25) is 0 Å². The van der Waals surface area contributed by atoms with Crippen LogP contribution in [-0.2, 0) is 0 Å². The standard InChI is InChI=1S/C16H23NO/c1-2-9-15(17-12-7-4-8-13-17)16(18)14-10-5-3-6-11-14/h3,5-6,10-11,15H,2,4,7-9,12-13H2,1H3. The molecule has 18 heavy (non-hydrogen) atoms. The quantitative estimate of drug-likeness (QED) is 0.740. The molecule has 2 rings (SSSR count). The molecule has 1 atom stereocenters. The summed E-state index contributed by atoms with van der Waals surface area (Å²) in [5.74, 6) is 0.305. The van der Waals surface area contributed by atoms with Gasteiger partial charge in [0.1, 0.15) is 0 Å². The molecule has 0 radical (unpaired) electrons. The molecule has 0 saturated carbocycles. The summed E-state index contributed by atoms with van der Waals surface area (Å²) in [6, 6.07) is 9.84. The van der Waals surface area contributed by atoms with Crippen molar-refractivity contribution < 1.29 is 4.79 Å². The largest absolute Gasteiger partial charge is 0.293 e. The average Bonchev–Trinajstić information content (AvgIpc) is 2.46. The summed E-state index contributed by atoms with van der Waals surface area (Å²) in [4.78, 5) is 15.0. The molecule has 0 bridgehead atoms. The monoisotopic (exact) mass is 245 g/mol. The van der Waals surface area contributed by atoms with E-state index in [0.717, 1.165) is 31.5 Å². The number of piperidine rings is 1. The van der Waals surface area contributed by atoms with Crippen LogP contribution in [0.15, 0.2) is 30.3 Å². The van der Waals surface area contributed by atoms with Crippen LogP contribution in [0.2, 0.25) is 0 Å². The highest BCUT2D eigenvalue weighted by Gasteiger charge is 2.26. The van der Waals surface area contributed by atoms with Crippen LogP contribution in [0, 0.1) is 0 Å². The third-order valence-corrected chi connectivity index (χ3v) is 3.75. The molecule has 0 aromatic heterocycles. The van der Waals surface area contributed by atoms with Gasteiger partial charge >= 0.3 is 0 Å². The van der Waals surface area contributed by atoms with Gasteiger partial charge in [0, 0.05) is 5.56 Å². The maximum atomic E-state index is 12.6. The summed E-state index contributed by atoms with van der Waals surface area (Å²) in [6.45, 7) is 4.34. The minimum absolute atomic E-state index is 0.0951. The van der Waals surface area contributed by atoms with Crippen LogP contribution < -0.4 is 0 Å². The van der Waals surface area contributed by atoms with Crippen LogP contribution in [0.5, 0.6) is 0 Å². The number of likely N-dealkylation sites (tertiary alicyclic amines) is 1. The molecular weight excluding hydrogens is 222 g/mol. The fourth-order valence-electron chi connectivity index (χ4n) is 2.78. The minimum atomic E-state index is 0.0951. The molecule has 1 aliphatic heterocycles. The predicted molar refractivity (Wildman–Crippen MR) is 74.9 cm³/mol. The normalized spacial score (nSPS) is 18.5. The zero-order chi connectivity index (χ0) is 12.8. The molecule has 1 aromatic carbocycles. The first-order valence-corrected chi connectivity index (χ1v) is 7.16. The lowest BCUT2D eigenvalue weighted by Gasteiger charge is -2.33. The first-order valence-electron chi connectivity index (χ1n) is 7.16. The number of hydrogen-bond acceptors (Lipinski definition) is 2. The number of nitrogens with zero attached hydrogens (tertiary/aromatic N) is 1. The minimum Gasteiger partial charge on any atom is -0.293 e. The molecule has 1 fully saturated rings. The number of rotatable bonds is 5. The fourth-order valence-corrected chi connectivity index (χ4v) is 2.78. The Morgan fingerprint density at radius 1 is 1.17 bits per heavy atom. The molecule has 2 nitrogen and oxygen atoms in total. The Kier molecular flexibility index (Phi) is 4.94. The molecule has 0 amide bonds. The van der Waals surface area contributed by atoms with Gasteiger partial charge in [0.15, 0.2) is 5.78 Å². The zero-order valence-corrected chi connectivity index (χ0v) is 11.3. The van der Waals surface area contributed by atoms with Crippen molar-refractivity contribution in [3.05, 3.63) is 35.9 Å². The Balaban J connectivity index is 2.11. The maximum absolute atomic E-state index is 12.6. The van der Waals surface area contributed by atoms with E-state index in [-0.39, 0.29) is 6.04 Å². The second-order valence-electron chi connectivity index (χ2n) is 5.13. The van der Waals surface area contributed by atoms with Crippen molar-refractivity contribution >= 4 is 5.78 Å². The first-order chi connectivity index (χ1) is 8.83. The van der Waals surface area contributed by atoms with Gasteiger partial charge in [-0.2, -0.15) is 0 Å². The highest BCUT2D eigenvalue weighted by atomic mass is 16.1. The Bertz CT molecular complexity index is 368. The summed E-state index contributed by atoms with van der Waals surface area (Å²) in [5.41, 5.74) is 0.863. The van der Waals surface area contributed by atoms with E-state index in [1.165, 1.54) is 19.3 Å². The molecule has 0 N–H and O–H groups in total. The van der Waals surface area contributed by atoms with E-state index < -0.39 is 0 Å². The van der Waals surface area contributed by atoms with E-state index in [9.17, 15) is 4.79 Å². The predicted octanol–water partition coefficient (Wildman–Crippen LogP) is 3.52. The molecule has 1 saturated heterocycles. The highest BCUT2D eigenvalue weighted by Crippen LogP contribution is 2.19. The Labute approximate surface area is 110 Å². The van der Waals surface area contributed by atoms with Crippen LogP contribution in [0.4, 0.5) is 0 Å². The van der Waals surface area contributed by atoms with Crippen molar-refractivity contribution in [2.24, 2.45) is 0 Å². The van der Waals surface area contributed by atoms with Gasteiger partial charge in [-0.3, -0.25) is 9.69 Å². The molecule has 0 spiro atoms. The second-order valence-corrected chi connectivity index (χ2v) is 5.13. The van der Waals surface area contributed by atoms with E-state index in [1.54, 1.807) is 0 Å². The number of Topliss-reactive ketones (excluding diaryl/α,β-unsaturated/α-hetero) is 1. The van der Waals surface area contributed by atoms with Crippen molar-refractivity contribution in [3.63, 3.8) is 0 Å². The van der Waals surface area contributed by atoms with Crippen LogP contribution >= 0.6 is 0 Å². The Morgan fingerprint density at radius 2 is 1.83 bits per heavy atom. The van der Waals surface area contributed by atoms with Crippen LogP contribution in [0.25, 0.3) is 0 Å². The lowest BCUT2D eigenvalue weighted by molar-refractivity contribution is 0.0767. The number of benzene rings is 1.